The molecule has 6 bridgehead atoms. The summed E-state index contributed by atoms with van der Waals surface area (Å²) in [5.41, 5.74) is 7.49. The molecule has 6 aliphatic rings. The molecule has 0 saturated carbocycles. The fourth-order valence-corrected chi connectivity index (χ4v) is 9.88. The maximum Gasteiger partial charge on any atom is 0.139 e. The van der Waals surface area contributed by atoms with Crippen molar-refractivity contribution in [3.63, 3.8) is 0 Å². The van der Waals surface area contributed by atoms with Gasteiger partial charge in [-0.25, -0.2) is 0 Å². The molecule has 0 aliphatic carbocycles. The molecule has 6 fully saturated rings. The third kappa shape index (κ3) is 11.0. The third-order valence-corrected chi connectivity index (χ3v) is 13.0. The van der Waals surface area contributed by atoms with Gasteiger partial charge in [-0.3, -0.25) is 15.0 Å². The first kappa shape index (κ1) is 41.6. The molecule has 5 aromatic rings. The predicted octanol–water partition coefficient (Wildman–Crippen LogP) is 8.11. The molecule has 8 nitrogen and oxygen atoms in total. The van der Waals surface area contributed by atoms with Crippen molar-refractivity contribution in [3.05, 3.63) is 144 Å². The maximum atomic E-state index is 5.81. The third-order valence-electron chi connectivity index (χ3n) is 13.0. The van der Waals surface area contributed by atoms with Crippen LogP contribution in [0.4, 0.5) is 0 Å². The number of aromatic nitrogens is 3. The summed E-state index contributed by atoms with van der Waals surface area (Å²) in [4.78, 5) is 12.8. The van der Waals surface area contributed by atoms with Crippen LogP contribution in [0.15, 0.2) is 116 Å². The normalized spacial score (nSPS) is 26.6. The summed E-state index contributed by atoms with van der Waals surface area (Å²) in [6.45, 7) is 1.15. The topological polar surface area (TPSA) is 93.2 Å². The number of methoxy groups -OCH3 is 1. The molecule has 8 heteroatoms. The highest BCUT2D eigenvalue weighted by atomic mass is 16.5. The van der Waals surface area contributed by atoms with E-state index in [1.165, 1.54) is 63.4 Å². The molecule has 0 amide bonds. The van der Waals surface area contributed by atoms with E-state index in [1.807, 2.05) is 61.3 Å². The standard InChI is InChI=1S/C20H20N2O.C19H18N2.C15H18N2O/c1-2-4-15(5-3-1)14-23-19-10-16(12-21-13-19)6-7-17-11-18-8-9-20(17)22-18;1-2-4-15(5-3-1)17-10-14(12-20-13-17)6-7-16-11-18-8-9-19(16)21-18;1-18-10-12-6-11(8-16-9-12)2-3-13-7-14-4-5-15(13)17-14/h1-5,10,12-13,17-18,20,22H,8-9,11,14H2;1-5,10,12-13,16,18-19,21H,8-9,11H2;6,8-9,13-15,17H,4-5,7,10H2,1H3. The van der Waals surface area contributed by atoms with Gasteiger partial charge in [0.1, 0.15) is 12.4 Å². The van der Waals surface area contributed by atoms with Crippen LogP contribution < -0.4 is 20.7 Å². The van der Waals surface area contributed by atoms with Crippen molar-refractivity contribution in [2.45, 2.75) is 107 Å². The molecule has 0 spiro atoms. The minimum absolute atomic E-state index is 0.489. The maximum absolute atomic E-state index is 5.81. The summed E-state index contributed by atoms with van der Waals surface area (Å²) in [5.74, 6) is 22.5. The zero-order valence-corrected chi connectivity index (χ0v) is 35.6. The molecule has 9 unspecified atom stereocenters. The summed E-state index contributed by atoms with van der Waals surface area (Å²) in [5, 5.41) is 10.9. The number of rotatable bonds is 6. The molecule has 2 aromatic carbocycles. The van der Waals surface area contributed by atoms with Gasteiger partial charge in [0.25, 0.3) is 0 Å². The summed E-state index contributed by atoms with van der Waals surface area (Å²) in [7, 11) is 1.69. The Balaban J connectivity index is 0.000000119. The lowest BCUT2D eigenvalue weighted by Gasteiger charge is -2.13. The first-order valence-electron chi connectivity index (χ1n) is 22.5. The lowest BCUT2D eigenvalue weighted by molar-refractivity contribution is 0.184. The molecule has 11 rings (SSSR count). The second-order valence-corrected chi connectivity index (χ2v) is 17.5. The first-order valence-corrected chi connectivity index (χ1v) is 22.5. The molecule has 3 N–H and O–H groups in total. The largest absolute Gasteiger partial charge is 0.487 e. The number of fused-ring (bicyclic) bond motifs is 6. The van der Waals surface area contributed by atoms with E-state index >= 15 is 0 Å². The average molecular weight is 821 g/mol. The molecule has 6 aliphatic heterocycles. The molecular weight excluding hydrogens is 765 g/mol. The van der Waals surface area contributed by atoms with Crippen molar-refractivity contribution in [1.82, 2.24) is 30.9 Å². The molecule has 9 atom stereocenters. The fraction of sp³-hybridized carbons (Fsp3) is 0.389. The lowest BCUT2D eigenvalue weighted by atomic mass is 9.89. The van der Waals surface area contributed by atoms with Crippen molar-refractivity contribution in [1.29, 1.82) is 0 Å². The Bertz CT molecular complexity index is 2460. The molecule has 9 heterocycles. The van der Waals surface area contributed by atoms with Crippen LogP contribution in [0.25, 0.3) is 11.1 Å². The Kier molecular flexibility index (Phi) is 13.7. The average Bonchev–Trinajstić information content (AvgIpc) is 4.22. The van der Waals surface area contributed by atoms with Crippen LogP contribution in [0.3, 0.4) is 0 Å². The van der Waals surface area contributed by atoms with E-state index in [0.717, 1.165) is 39.1 Å². The van der Waals surface area contributed by atoms with Gasteiger partial charge in [0.15, 0.2) is 0 Å². The zero-order valence-electron chi connectivity index (χ0n) is 35.6. The van der Waals surface area contributed by atoms with Crippen molar-refractivity contribution in [2.24, 2.45) is 17.8 Å². The van der Waals surface area contributed by atoms with Crippen LogP contribution in [0.2, 0.25) is 0 Å². The summed E-state index contributed by atoms with van der Waals surface area (Å²) >= 11 is 0. The van der Waals surface area contributed by atoms with Gasteiger partial charge in [0.2, 0.25) is 0 Å². The van der Waals surface area contributed by atoms with Gasteiger partial charge in [-0.2, -0.15) is 0 Å². The Morgan fingerprint density at radius 3 is 1.52 bits per heavy atom. The smallest absolute Gasteiger partial charge is 0.139 e. The second-order valence-electron chi connectivity index (χ2n) is 17.5. The zero-order chi connectivity index (χ0) is 41.9. The van der Waals surface area contributed by atoms with E-state index in [2.05, 4.69) is 115 Å². The van der Waals surface area contributed by atoms with Gasteiger partial charge < -0.3 is 25.4 Å². The van der Waals surface area contributed by atoms with E-state index in [9.17, 15) is 0 Å². The van der Waals surface area contributed by atoms with E-state index in [-0.39, 0.29) is 0 Å². The van der Waals surface area contributed by atoms with Crippen molar-refractivity contribution in [3.8, 4) is 52.4 Å². The Labute approximate surface area is 367 Å². The number of nitrogens with zero attached hydrogens (tertiary/aromatic N) is 3. The molecule has 0 radical (unpaired) electrons. The first-order chi connectivity index (χ1) is 30.6. The molecular formula is C54H56N6O2. The molecule has 314 valence electrons. The van der Waals surface area contributed by atoms with Crippen molar-refractivity contribution >= 4 is 0 Å². The predicted molar refractivity (Wildman–Crippen MR) is 244 cm³/mol. The highest BCUT2D eigenvalue weighted by Gasteiger charge is 2.39. The highest BCUT2D eigenvalue weighted by Crippen LogP contribution is 2.34. The number of hydrogen-bond donors (Lipinski definition) is 3. The molecule has 3 aromatic heterocycles. The quantitative estimate of drug-likeness (QED) is 0.148. The number of pyridine rings is 3. The van der Waals surface area contributed by atoms with E-state index < -0.39 is 0 Å². The van der Waals surface area contributed by atoms with Gasteiger partial charge >= 0.3 is 0 Å². The van der Waals surface area contributed by atoms with Crippen LogP contribution in [0, 0.1) is 53.3 Å². The van der Waals surface area contributed by atoms with Gasteiger partial charge in [-0.15, -0.1) is 0 Å². The number of ether oxygens (including phenoxy) is 2. The van der Waals surface area contributed by atoms with Gasteiger partial charge in [-0.05, 0) is 92.7 Å². The number of benzene rings is 2. The van der Waals surface area contributed by atoms with E-state index in [0.29, 0.717) is 67.2 Å². The molecule has 62 heavy (non-hydrogen) atoms. The van der Waals surface area contributed by atoms with Crippen molar-refractivity contribution < 1.29 is 9.47 Å². The minimum Gasteiger partial charge on any atom is -0.487 e. The Hall–Kier alpha value is -5.79. The van der Waals surface area contributed by atoms with Crippen molar-refractivity contribution in [2.75, 3.05) is 7.11 Å². The van der Waals surface area contributed by atoms with Crippen LogP contribution in [0.5, 0.6) is 5.75 Å². The van der Waals surface area contributed by atoms with Gasteiger partial charge in [0, 0.05) is 114 Å². The Morgan fingerprint density at radius 1 is 0.500 bits per heavy atom. The fourth-order valence-electron chi connectivity index (χ4n) is 9.88. The second kappa shape index (κ2) is 20.4. The van der Waals surface area contributed by atoms with Crippen LogP contribution >= 0.6 is 0 Å². The summed E-state index contributed by atoms with van der Waals surface area (Å²) < 4.78 is 10.9. The molecule has 6 saturated heterocycles. The summed E-state index contributed by atoms with van der Waals surface area (Å²) in [6, 6.07) is 30.6. The van der Waals surface area contributed by atoms with Crippen LogP contribution in [0.1, 0.15) is 85.6 Å². The number of nitrogens with one attached hydrogen (secondary N) is 3. The van der Waals surface area contributed by atoms with Crippen LogP contribution in [-0.2, 0) is 18.0 Å². The number of hydrogen-bond acceptors (Lipinski definition) is 8. The monoisotopic (exact) mass is 820 g/mol. The Morgan fingerprint density at radius 2 is 1.00 bits per heavy atom. The lowest BCUT2D eigenvalue weighted by Crippen LogP contribution is -2.21. The SMILES string of the molecule is C(#CC1CC2CCC1N2)c1cncc(-c2ccccc2)c1.C(#CC1CC2CCC1N2)c1cncc(OCc2ccccc2)c1.COCc1cncc(C#CC2CC3CCC2N3)c1. The van der Waals surface area contributed by atoms with Crippen LogP contribution in [-0.4, -0.2) is 58.3 Å². The van der Waals surface area contributed by atoms with E-state index in [4.69, 9.17) is 9.47 Å². The van der Waals surface area contributed by atoms with Gasteiger partial charge in [0.05, 0.1) is 12.8 Å². The minimum atomic E-state index is 0.489. The highest BCUT2D eigenvalue weighted by molar-refractivity contribution is 5.64. The van der Waals surface area contributed by atoms with Gasteiger partial charge in [-0.1, -0.05) is 96.2 Å². The van der Waals surface area contributed by atoms with E-state index in [1.54, 1.807) is 13.3 Å². The summed E-state index contributed by atoms with van der Waals surface area (Å²) in [6.07, 6.45) is 22.4.